The number of anilines is 1. The summed E-state index contributed by atoms with van der Waals surface area (Å²) in [6.45, 7) is 8.00. The van der Waals surface area contributed by atoms with Gasteiger partial charge >= 0.3 is 0 Å². The quantitative estimate of drug-likeness (QED) is 0.738. The predicted molar refractivity (Wildman–Crippen MR) is 108 cm³/mol. The van der Waals surface area contributed by atoms with Crippen LogP contribution in [0.1, 0.15) is 38.8 Å². The normalized spacial score (nSPS) is 11.1. The Kier molecular flexibility index (Phi) is 9.62. The Morgan fingerprint density at radius 1 is 0.958 bits per heavy atom. The van der Waals surface area contributed by atoms with Crippen LogP contribution in [0.4, 0.5) is 5.69 Å². The summed E-state index contributed by atoms with van der Waals surface area (Å²) < 4.78 is 0. The fourth-order valence-electron chi connectivity index (χ4n) is 2.22. The van der Waals surface area contributed by atoms with Gasteiger partial charge in [0.2, 0.25) is 5.91 Å². The van der Waals surface area contributed by atoms with Gasteiger partial charge in [-0.2, -0.15) is 0 Å². The molecule has 0 unspecified atom stereocenters. The predicted octanol–water partition coefficient (Wildman–Crippen LogP) is 6.01. The highest BCUT2D eigenvalue weighted by molar-refractivity contribution is 8.03. The lowest BCUT2D eigenvalue weighted by Gasteiger charge is -2.05. The van der Waals surface area contributed by atoms with E-state index in [-0.39, 0.29) is 5.91 Å². The Balaban J connectivity index is 0.000000671. The van der Waals surface area contributed by atoms with Crippen LogP contribution in [0.25, 0.3) is 6.08 Å². The number of fused-ring (bicyclic) bond motifs is 1. The number of thioether (sulfide) groups is 1. The average molecular weight is 342 g/mol. The van der Waals surface area contributed by atoms with Gasteiger partial charge in [0.15, 0.2) is 0 Å². The highest BCUT2D eigenvalue weighted by Gasteiger charge is 2.13. The highest BCUT2D eigenvalue weighted by atomic mass is 32.2. The van der Waals surface area contributed by atoms with Gasteiger partial charge in [-0.1, -0.05) is 70.2 Å². The van der Waals surface area contributed by atoms with Gasteiger partial charge in [0.25, 0.3) is 0 Å². The van der Waals surface area contributed by atoms with Crippen molar-refractivity contribution in [3.8, 4) is 0 Å². The Morgan fingerprint density at radius 2 is 1.58 bits per heavy atom. The standard InChI is InChI=1S/C17H15NOS.2C2H6/c19-17(18-15-8-2-1-3-9-15)12-20-16-10-13-6-4-5-7-14(13)11-16;2*1-2/h1-10H,11-12H2,(H,18,19);2*1-2H3. The first kappa shape index (κ1) is 20.0. The van der Waals surface area contributed by atoms with E-state index in [0.717, 1.165) is 12.1 Å². The van der Waals surface area contributed by atoms with Crippen LogP contribution in [0.3, 0.4) is 0 Å². The Bertz CT molecular complexity index is 650. The van der Waals surface area contributed by atoms with Gasteiger partial charge in [0.05, 0.1) is 5.75 Å². The molecule has 0 atom stereocenters. The number of hydrogen-bond acceptors (Lipinski definition) is 2. The molecule has 128 valence electrons. The molecular formula is C21H27NOS. The molecule has 1 aliphatic carbocycles. The van der Waals surface area contributed by atoms with Gasteiger partial charge in [-0.3, -0.25) is 4.79 Å². The zero-order chi connectivity index (χ0) is 17.8. The zero-order valence-corrected chi connectivity index (χ0v) is 15.8. The van der Waals surface area contributed by atoms with E-state index in [1.54, 1.807) is 11.8 Å². The summed E-state index contributed by atoms with van der Waals surface area (Å²) in [5.74, 6) is 0.493. The molecule has 2 aromatic rings. The number of rotatable bonds is 4. The molecule has 0 radical (unpaired) electrons. The van der Waals surface area contributed by atoms with E-state index in [9.17, 15) is 4.79 Å². The van der Waals surface area contributed by atoms with Crippen molar-refractivity contribution in [1.29, 1.82) is 0 Å². The van der Waals surface area contributed by atoms with Crippen LogP contribution in [-0.2, 0) is 11.2 Å². The van der Waals surface area contributed by atoms with Crippen molar-refractivity contribution in [3.05, 3.63) is 70.6 Å². The topological polar surface area (TPSA) is 29.1 Å². The van der Waals surface area contributed by atoms with Crippen LogP contribution < -0.4 is 5.32 Å². The van der Waals surface area contributed by atoms with Crippen molar-refractivity contribution in [2.24, 2.45) is 0 Å². The molecule has 3 rings (SSSR count). The second kappa shape index (κ2) is 11.5. The van der Waals surface area contributed by atoms with E-state index in [4.69, 9.17) is 0 Å². The molecule has 24 heavy (non-hydrogen) atoms. The van der Waals surface area contributed by atoms with E-state index in [2.05, 4.69) is 29.6 Å². The summed E-state index contributed by atoms with van der Waals surface area (Å²) in [5, 5.41) is 2.90. The molecule has 0 spiro atoms. The van der Waals surface area contributed by atoms with Crippen LogP contribution >= 0.6 is 11.8 Å². The smallest absolute Gasteiger partial charge is 0.234 e. The summed E-state index contributed by atoms with van der Waals surface area (Å²) >= 11 is 1.62. The molecule has 0 aromatic heterocycles. The maximum Gasteiger partial charge on any atom is 0.234 e. The summed E-state index contributed by atoms with van der Waals surface area (Å²) in [7, 11) is 0. The number of allylic oxidation sites excluding steroid dienone is 1. The first-order chi connectivity index (χ1) is 11.8. The van der Waals surface area contributed by atoms with Crippen molar-refractivity contribution in [2.45, 2.75) is 34.1 Å². The van der Waals surface area contributed by atoms with E-state index in [0.29, 0.717) is 5.75 Å². The lowest BCUT2D eigenvalue weighted by atomic mass is 10.1. The van der Waals surface area contributed by atoms with Crippen LogP contribution in [0, 0.1) is 0 Å². The van der Waals surface area contributed by atoms with Crippen LogP contribution in [0.15, 0.2) is 59.5 Å². The van der Waals surface area contributed by atoms with Crippen LogP contribution in [-0.4, -0.2) is 11.7 Å². The third kappa shape index (κ3) is 6.25. The fourth-order valence-corrected chi connectivity index (χ4v) is 3.07. The number of nitrogens with one attached hydrogen (secondary N) is 1. The van der Waals surface area contributed by atoms with Crippen molar-refractivity contribution in [1.82, 2.24) is 0 Å². The minimum absolute atomic E-state index is 0.0399. The van der Waals surface area contributed by atoms with Crippen molar-refractivity contribution in [3.63, 3.8) is 0 Å². The summed E-state index contributed by atoms with van der Waals surface area (Å²) in [6.07, 6.45) is 3.12. The fraction of sp³-hybridized carbons (Fsp3) is 0.286. The molecule has 0 aliphatic heterocycles. The monoisotopic (exact) mass is 341 g/mol. The molecule has 1 amide bonds. The number of carbonyl (C=O) groups is 1. The lowest BCUT2D eigenvalue weighted by molar-refractivity contribution is -0.113. The van der Waals surface area contributed by atoms with Crippen LogP contribution in [0.2, 0.25) is 0 Å². The SMILES string of the molecule is CC.CC.O=C(CSC1=Cc2ccccc2C1)Nc1ccccc1. The van der Waals surface area contributed by atoms with Crippen molar-refractivity contribution < 1.29 is 4.79 Å². The zero-order valence-electron chi connectivity index (χ0n) is 15.0. The molecule has 0 heterocycles. The summed E-state index contributed by atoms with van der Waals surface area (Å²) in [4.78, 5) is 13.1. The van der Waals surface area contributed by atoms with Gasteiger partial charge in [0, 0.05) is 12.1 Å². The molecule has 2 nitrogen and oxygen atoms in total. The summed E-state index contributed by atoms with van der Waals surface area (Å²) in [5.41, 5.74) is 3.47. The Morgan fingerprint density at radius 3 is 2.25 bits per heavy atom. The molecule has 0 bridgehead atoms. The molecule has 3 heteroatoms. The minimum Gasteiger partial charge on any atom is -0.325 e. The summed E-state index contributed by atoms with van der Waals surface area (Å²) in [6, 6.07) is 17.9. The molecule has 2 aromatic carbocycles. The molecule has 0 saturated heterocycles. The van der Waals surface area contributed by atoms with Gasteiger partial charge in [0.1, 0.15) is 0 Å². The molecular weight excluding hydrogens is 314 g/mol. The van der Waals surface area contributed by atoms with Gasteiger partial charge in [-0.25, -0.2) is 0 Å². The molecule has 1 aliphatic rings. The molecule has 0 fully saturated rings. The van der Waals surface area contributed by atoms with Crippen molar-refractivity contribution in [2.75, 3.05) is 11.1 Å². The van der Waals surface area contributed by atoms with E-state index in [1.165, 1.54) is 16.0 Å². The highest BCUT2D eigenvalue weighted by Crippen LogP contribution is 2.31. The number of para-hydroxylation sites is 1. The second-order valence-electron chi connectivity index (χ2n) is 4.69. The largest absolute Gasteiger partial charge is 0.325 e. The third-order valence-corrected chi connectivity index (χ3v) is 4.22. The first-order valence-corrected chi connectivity index (χ1v) is 9.56. The van der Waals surface area contributed by atoms with Crippen molar-refractivity contribution >= 4 is 29.4 Å². The second-order valence-corrected chi connectivity index (χ2v) is 5.79. The number of benzene rings is 2. The van der Waals surface area contributed by atoms with Gasteiger partial charge in [-0.05, 0) is 34.2 Å². The van der Waals surface area contributed by atoms with E-state index < -0.39 is 0 Å². The Labute approximate surface area is 150 Å². The number of carbonyl (C=O) groups excluding carboxylic acids is 1. The number of amides is 1. The Hall–Kier alpha value is -2.00. The lowest BCUT2D eigenvalue weighted by Crippen LogP contribution is -2.13. The van der Waals surface area contributed by atoms with E-state index >= 15 is 0 Å². The first-order valence-electron chi connectivity index (χ1n) is 8.57. The maximum atomic E-state index is 11.9. The van der Waals surface area contributed by atoms with Crippen LogP contribution in [0.5, 0.6) is 0 Å². The maximum absolute atomic E-state index is 11.9. The van der Waals surface area contributed by atoms with Gasteiger partial charge < -0.3 is 5.32 Å². The van der Waals surface area contributed by atoms with Gasteiger partial charge in [-0.15, -0.1) is 11.8 Å². The number of hydrogen-bond donors (Lipinski definition) is 1. The average Bonchev–Trinajstić information content (AvgIpc) is 3.07. The third-order valence-electron chi connectivity index (χ3n) is 3.18. The molecule has 1 N–H and O–H groups in total. The van der Waals surface area contributed by atoms with E-state index in [1.807, 2.05) is 64.1 Å². The molecule has 0 saturated carbocycles. The minimum atomic E-state index is 0.0399.